The number of benzene rings is 1. The smallest absolute Gasteiger partial charge is 0.0916 e. The van der Waals surface area contributed by atoms with Gasteiger partial charge in [0, 0.05) is 39.6 Å². The maximum Gasteiger partial charge on any atom is 0.0916 e. The van der Waals surface area contributed by atoms with Crippen molar-refractivity contribution in [3.63, 3.8) is 0 Å². The van der Waals surface area contributed by atoms with Crippen molar-refractivity contribution in [2.24, 2.45) is 0 Å². The number of nitrogens with zero attached hydrogens (tertiary/aromatic N) is 2. The fourth-order valence-corrected chi connectivity index (χ4v) is 1.25. The van der Waals surface area contributed by atoms with Crippen molar-refractivity contribution < 1.29 is 20.1 Å². The van der Waals surface area contributed by atoms with Crippen molar-refractivity contribution in [2.75, 3.05) is 18.6 Å². The van der Waals surface area contributed by atoms with Gasteiger partial charge in [0.2, 0.25) is 0 Å². The Bertz CT molecular complexity index is 285. The summed E-state index contributed by atoms with van der Waals surface area (Å²) >= 11 is 0. The molecule has 14 heavy (non-hydrogen) atoms. The Morgan fingerprint density at radius 1 is 1.29 bits per heavy atom. The van der Waals surface area contributed by atoms with Crippen molar-refractivity contribution in [3.8, 4) is 0 Å². The van der Waals surface area contributed by atoms with E-state index in [1.807, 2.05) is 18.2 Å². The fraction of sp³-hybridized carbons (Fsp3) is 0.182. The van der Waals surface area contributed by atoms with Crippen LogP contribution < -0.4 is 4.90 Å². The quantitative estimate of drug-likeness (QED) is 0.703. The monoisotopic (exact) mass is 367 g/mol. The van der Waals surface area contributed by atoms with Crippen LogP contribution in [0.2, 0.25) is 0 Å². The number of anilines is 1. The van der Waals surface area contributed by atoms with Gasteiger partial charge in [-0.15, -0.1) is 6.07 Å². The Labute approximate surface area is 99.6 Å². The minimum Gasteiger partial charge on any atom is -0.361 e. The van der Waals surface area contributed by atoms with Crippen molar-refractivity contribution in [1.29, 1.82) is 0 Å². The Balaban J connectivity index is 0.000000845. The van der Waals surface area contributed by atoms with E-state index in [9.17, 15) is 0 Å². The second-order valence-corrected chi connectivity index (χ2v) is 2.91. The first-order valence-corrected chi connectivity index (χ1v) is 3.98. The molecule has 1 radical (unpaired) electrons. The summed E-state index contributed by atoms with van der Waals surface area (Å²) in [7, 11) is 2.06. The second-order valence-electron chi connectivity index (χ2n) is 2.91. The molecule has 0 bridgehead atoms. The molecule has 79 valence electrons. The van der Waals surface area contributed by atoms with Gasteiger partial charge in [-0.25, -0.2) is 0 Å². The zero-order chi connectivity index (χ0) is 8.39. The molecule has 1 aromatic carbocycles. The van der Waals surface area contributed by atoms with Gasteiger partial charge in [0.25, 0.3) is 0 Å². The summed E-state index contributed by atoms with van der Waals surface area (Å²) in [4.78, 5) is 4.28. The Hall–Kier alpha value is -0.791. The molecule has 0 saturated carbocycles. The fourth-order valence-electron chi connectivity index (χ4n) is 1.25. The van der Waals surface area contributed by atoms with Crippen LogP contribution in [0.3, 0.4) is 0 Å². The van der Waals surface area contributed by atoms with Crippen LogP contribution in [-0.4, -0.2) is 18.6 Å². The molecule has 3 heteroatoms. The van der Waals surface area contributed by atoms with E-state index >= 15 is 0 Å². The summed E-state index contributed by atoms with van der Waals surface area (Å²) in [6, 6.07) is 11.2. The van der Waals surface area contributed by atoms with Gasteiger partial charge in [0.05, 0.1) is 6.67 Å². The van der Waals surface area contributed by atoms with Crippen LogP contribution in [0.1, 0.15) is 0 Å². The molecule has 1 aliphatic heterocycles. The van der Waals surface area contributed by atoms with Crippen LogP contribution in [0.15, 0.2) is 36.7 Å². The molecule has 2 nitrogen and oxygen atoms in total. The van der Waals surface area contributed by atoms with Gasteiger partial charge in [-0.2, -0.15) is 24.3 Å². The topological polar surface area (TPSA) is 6.48 Å². The average Bonchev–Trinajstić information content (AvgIpc) is 2.54. The summed E-state index contributed by atoms with van der Waals surface area (Å²) < 4.78 is 0. The predicted molar refractivity (Wildman–Crippen MR) is 55.9 cm³/mol. The van der Waals surface area contributed by atoms with E-state index < -0.39 is 0 Å². The normalized spacial score (nSPS) is 13.5. The van der Waals surface area contributed by atoms with Gasteiger partial charge in [-0.05, 0) is 0 Å². The number of hydrogen-bond donors (Lipinski definition) is 0. The maximum absolute atomic E-state index is 3.18. The van der Waals surface area contributed by atoms with Crippen LogP contribution in [0.4, 0.5) is 5.69 Å². The van der Waals surface area contributed by atoms with Crippen LogP contribution in [-0.2, 0) is 20.1 Å². The molecule has 0 aliphatic carbocycles. The summed E-state index contributed by atoms with van der Waals surface area (Å²) in [5, 5.41) is 0. The molecule has 1 aliphatic rings. The third-order valence-electron chi connectivity index (χ3n) is 1.88. The van der Waals surface area contributed by atoms with Crippen LogP contribution in [0.5, 0.6) is 0 Å². The Morgan fingerprint density at radius 2 is 2.07 bits per heavy atom. The summed E-state index contributed by atoms with van der Waals surface area (Å²) in [6.07, 6.45) is 4.12. The first-order chi connectivity index (χ1) is 5.86. The van der Waals surface area contributed by atoms with E-state index in [0.29, 0.717) is 0 Å². The Morgan fingerprint density at radius 3 is 2.57 bits per heavy atom. The van der Waals surface area contributed by atoms with Gasteiger partial charge >= 0.3 is 0 Å². The van der Waals surface area contributed by atoms with E-state index in [1.165, 1.54) is 0 Å². The standard InChI is InChI=1S/C10H11N2.CH3.Ir/c1-11-7-8-12(9-11)10-5-3-2-4-6-10;;/h2-5,7-8H,9H2,1H3;1H3;/q2*-1;. The molecule has 0 saturated heterocycles. The van der Waals surface area contributed by atoms with Crippen molar-refractivity contribution in [3.05, 3.63) is 50.2 Å². The molecular formula is C11H14IrN2-2. The molecule has 0 aromatic heterocycles. The Kier molecular flexibility index (Phi) is 5.51. The van der Waals surface area contributed by atoms with E-state index in [2.05, 4.69) is 41.4 Å². The maximum atomic E-state index is 3.18. The number of hydrogen-bond acceptors (Lipinski definition) is 2. The summed E-state index contributed by atoms with van der Waals surface area (Å²) in [6.45, 7) is 0.917. The zero-order valence-corrected chi connectivity index (χ0v) is 10.8. The SMILES string of the molecule is CN1C=CN(c2[c-]cccc2)C1.[CH3-].[Ir]. The minimum atomic E-state index is 0. The van der Waals surface area contributed by atoms with E-state index in [4.69, 9.17) is 0 Å². The van der Waals surface area contributed by atoms with Crippen molar-refractivity contribution in [2.45, 2.75) is 0 Å². The third-order valence-corrected chi connectivity index (χ3v) is 1.88. The van der Waals surface area contributed by atoms with E-state index in [0.717, 1.165) is 12.4 Å². The number of para-hydroxylation sites is 1. The average molecular weight is 366 g/mol. The summed E-state index contributed by atoms with van der Waals surface area (Å²) in [5.74, 6) is 0. The van der Waals surface area contributed by atoms with Crippen molar-refractivity contribution >= 4 is 5.69 Å². The molecular weight excluding hydrogens is 352 g/mol. The molecule has 0 spiro atoms. The predicted octanol–water partition coefficient (Wildman–Crippen LogP) is 2.12. The molecule has 1 heterocycles. The number of rotatable bonds is 1. The van der Waals surface area contributed by atoms with Gasteiger partial charge in [0.1, 0.15) is 0 Å². The second kappa shape index (κ2) is 5.84. The van der Waals surface area contributed by atoms with E-state index in [1.54, 1.807) is 0 Å². The molecule has 0 unspecified atom stereocenters. The molecule has 0 atom stereocenters. The molecule has 2 rings (SSSR count). The van der Waals surface area contributed by atoms with Crippen LogP contribution in [0, 0.1) is 13.5 Å². The van der Waals surface area contributed by atoms with E-state index in [-0.39, 0.29) is 27.5 Å². The first-order valence-electron chi connectivity index (χ1n) is 3.98. The van der Waals surface area contributed by atoms with Crippen LogP contribution in [0.25, 0.3) is 0 Å². The van der Waals surface area contributed by atoms with Gasteiger partial charge in [-0.3, -0.25) is 0 Å². The molecule has 1 aromatic rings. The largest absolute Gasteiger partial charge is 0.361 e. The molecule has 0 fully saturated rings. The zero-order valence-electron chi connectivity index (χ0n) is 8.40. The van der Waals surface area contributed by atoms with Gasteiger partial charge in [0.15, 0.2) is 0 Å². The molecule has 0 N–H and O–H groups in total. The van der Waals surface area contributed by atoms with Crippen molar-refractivity contribution in [1.82, 2.24) is 4.90 Å². The third kappa shape index (κ3) is 2.86. The van der Waals surface area contributed by atoms with Gasteiger partial charge < -0.3 is 17.2 Å². The minimum absolute atomic E-state index is 0. The summed E-state index contributed by atoms with van der Waals surface area (Å²) in [5.41, 5.74) is 1.12. The van der Waals surface area contributed by atoms with Gasteiger partial charge in [-0.1, -0.05) is 5.69 Å². The molecule has 0 amide bonds. The first kappa shape index (κ1) is 13.2. The van der Waals surface area contributed by atoms with Crippen LogP contribution >= 0.6 is 0 Å².